The van der Waals surface area contributed by atoms with Crippen LogP contribution >= 0.6 is 0 Å². The third-order valence-electron chi connectivity index (χ3n) is 4.29. The molecular weight excluding hydrogens is 232 g/mol. The summed E-state index contributed by atoms with van der Waals surface area (Å²) >= 11 is 0. The largest absolute Gasteiger partial charge is 0.308 e. The molecule has 1 aromatic heterocycles. The van der Waals surface area contributed by atoms with Crippen molar-refractivity contribution in [2.75, 3.05) is 6.54 Å². The number of hydrogen-bond donors (Lipinski definition) is 1. The lowest BCUT2D eigenvalue weighted by Crippen LogP contribution is -2.31. The summed E-state index contributed by atoms with van der Waals surface area (Å²) in [5, 5.41) is 3.75. The fraction of sp³-hybridized carbons (Fsp3) is 0.706. The van der Waals surface area contributed by atoms with E-state index in [9.17, 15) is 0 Å². The summed E-state index contributed by atoms with van der Waals surface area (Å²) < 4.78 is 0. The van der Waals surface area contributed by atoms with Crippen molar-refractivity contribution in [1.29, 1.82) is 0 Å². The smallest absolute Gasteiger partial charge is 0.0605 e. The molecule has 0 bridgehead atoms. The molecule has 1 saturated carbocycles. The third-order valence-corrected chi connectivity index (χ3v) is 4.29. The summed E-state index contributed by atoms with van der Waals surface area (Å²) in [6.07, 6.45) is 10.1. The van der Waals surface area contributed by atoms with E-state index < -0.39 is 0 Å². The van der Waals surface area contributed by atoms with Crippen LogP contribution in [0.3, 0.4) is 0 Å². The van der Waals surface area contributed by atoms with Crippen LogP contribution in [0.25, 0.3) is 0 Å². The van der Waals surface area contributed by atoms with Crippen molar-refractivity contribution >= 4 is 0 Å². The zero-order valence-corrected chi connectivity index (χ0v) is 12.7. The molecule has 106 valence electrons. The van der Waals surface area contributed by atoms with Gasteiger partial charge in [0, 0.05) is 6.20 Å². The fourth-order valence-electron chi connectivity index (χ4n) is 3.31. The van der Waals surface area contributed by atoms with E-state index in [1.54, 1.807) is 0 Å². The molecule has 2 nitrogen and oxygen atoms in total. The number of nitrogens with one attached hydrogen (secondary N) is 1. The van der Waals surface area contributed by atoms with E-state index in [2.05, 4.69) is 32.2 Å². The summed E-state index contributed by atoms with van der Waals surface area (Å²) in [6, 6.07) is 2.73. The zero-order chi connectivity index (χ0) is 13.7. The van der Waals surface area contributed by atoms with Gasteiger partial charge in [-0.05, 0) is 56.7 Å². The summed E-state index contributed by atoms with van der Waals surface area (Å²) in [5.41, 5.74) is 3.89. The minimum atomic E-state index is 0.459. The average Bonchev–Trinajstić information content (AvgIpc) is 2.42. The number of aryl methyl sites for hydroxylation is 2. The Bertz CT molecular complexity index is 394. The van der Waals surface area contributed by atoms with Crippen LogP contribution in [-0.2, 0) is 0 Å². The minimum absolute atomic E-state index is 0.459. The molecule has 1 heterocycles. The van der Waals surface area contributed by atoms with Gasteiger partial charge in [0.1, 0.15) is 0 Å². The predicted molar refractivity (Wildman–Crippen MR) is 81.3 cm³/mol. The molecule has 1 atom stereocenters. The highest BCUT2D eigenvalue weighted by Gasteiger charge is 2.26. The number of rotatable bonds is 5. The lowest BCUT2D eigenvalue weighted by molar-refractivity contribution is 0.267. The molecule has 19 heavy (non-hydrogen) atoms. The molecular formula is C17H28N2. The second-order valence-corrected chi connectivity index (χ2v) is 6.04. The normalized spacial score (nSPS) is 18.5. The summed E-state index contributed by atoms with van der Waals surface area (Å²) in [6.45, 7) is 7.66. The molecule has 2 heteroatoms. The van der Waals surface area contributed by atoms with E-state index in [1.165, 1.54) is 55.3 Å². The molecule has 1 aliphatic rings. The summed E-state index contributed by atoms with van der Waals surface area (Å²) in [4.78, 5) is 4.74. The van der Waals surface area contributed by atoms with E-state index in [0.29, 0.717) is 6.04 Å². The van der Waals surface area contributed by atoms with Gasteiger partial charge in [-0.25, -0.2) is 0 Å². The molecule has 0 radical (unpaired) electrons. The standard InChI is InChI=1S/C17H28N2/c1-4-10-18-17(15-8-6-5-7-9-15)16-14(3)11-13(2)12-19-16/h11-12,15,17-18H,4-10H2,1-3H3. The first-order valence-electron chi connectivity index (χ1n) is 7.89. The molecule has 1 fully saturated rings. The molecule has 0 amide bonds. The lowest BCUT2D eigenvalue weighted by atomic mass is 9.81. The first-order valence-corrected chi connectivity index (χ1v) is 7.89. The highest BCUT2D eigenvalue weighted by molar-refractivity contribution is 5.26. The van der Waals surface area contributed by atoms with Crippen LogP contribution < -0.4 is 5.32 Å². The molecule has 0 aliphatic heterocycles. The van der Waals surface area contributed by atoms with Crippen LogP contribution in [0.15, 0.2) is 12.3 Å². The minimum Gasteiger partial charge on any atom is -0.308 e. The van der Waals surface area contributed by atoms with Gasteiger partial charge in [0.05, 0.1) is 11.7 Å². The predicted octanol–water partition coefficient (Wildman–Crippen LogP) is 4.32. The van der Waals surface area contributed by atoms with Gasteiger partial charge < -0.3 is 5.32 Å². The van der Waals surface area contributed by atoms with Crippen molar-refractivity contribution < 1.29 is 0 Å². The van der Waals surface area contributed by atoms with E-state index in [0.717, 1.165) is 12.5 Å². The molecule has 0 spiro atoms. The highest BCUT2D eigenvalue weighted by Crippen LogP contribution is 2.34. The maximum Gasteiger partial charge on any atom is 0.0605 e. The Hall–Kier alpha value is -0.890. The van der Waals surface area contributed by atoms with Crippen LogP contribution in [0.2, 0.25) is 0 Å². The molecule has 2 rings (SSSR count). The number of nitrogens with zero attached hydrogens (tertiary/aromatic N) is 1. The Kier molecular flexibility index (Phi) is 5.38. The van der Waals surface area contributed by atoms with Gasteiger partial charge in [0.2, 0.25) is 0 Å². The Morgan fingerprint density at radius 3 is 2.63 bits per heavy atom. The van der Waals surface area contributed by atoms with E-state index in [-0.39, 0.29) is 0 Å². The molecule has 1 unspecified atom stereocenters. The Labute approximate surface area is 118 Å². The summed E-state index contributed by atoms with van der Waals surface area (Å²) in [7, 11) is 0. The lowest BCUT2D eigenvalue weighted by Gasteiger charge is -2.31. The van der Waals surface area contributed by atoms with E-state index >= 15 is 0 Å². The number of pyridine rings is 1. The first kappa shape index (κ1) is 14.5. The van der Waals surface area contributed by atoms with Crippen molar-refractivity contribution in [2.24, 2.45) is 5.92 Å². The number of hydrogen-bond acceptors (Lipinski definition) is 2. The van der Waals surface area contributed by atoms with Crippen molar-refractivity contribution in [3.8, 4) is 0 Å². The third kappa shape index (κ3) is 3.79. The van der Waals surface area contributed by atoms with Crippen LogP contribution in [0.4, 0.5) is 0 Å². The monoisotopic (exact) mass is 260 g/mol. The topological polar surface area (TPSA) is 24.9 Å². The molecule has 1 aliphatic carbocycles. The van der Waals surface area contributed by atoms with Gasteiger partial charge >= 0.3 is 0 Å². The Morgan fingerprint density at radius 1 is 1.26 bits per heavy atom. The molecule has 0 aromatic carbocycles. The first-order chi connectivity index (χ1) is 9.22. The number of aromatic nitrogens is 1. The van der Waals surface area contributed by atoms with Gasteiger partial charge in [-0.2, -0.15) is 0 Å². The Balaban J connectivity index is 2.19. The van der Waals surface area contributed by atoms with Crippen LogP contribution in [0, 0.1) is 19.8 Å². The maximum absolute atomic E-state index is 4.74. The van der Waals surface area contributed by atoms with Gasteiger partial charge in [-0.1, -0.05) is 32.3 Å². The SMILES string of the molecule is CCCNC(c1ncc(C)cc1C)C1CCCCC1. The summed E-state index contributed by atoms with van der Waals surface area (Å²) in [5.74, 6) is 0.772. The van der Waals surface area contributed by atoms with Crippen molar-refractivity contribution in [3.05, 3.63) is 29.1 Å². The van der Waals surface area contributed by atoms with Crippen molar-refractivity contribution in [2.45, 2.75) is 65.3 Å². The van der Waals surface area contributed by atoms with E-state index in [4.69, 9.17) is 4.98 Å². The van der Waals surface area contributed by atoms with Crippen LogP contribution in [-0.4, -0.2) is 11.5 Å². The van der Waals surface area contributed by atoms with Crippen LogP contribution in [0.5, 0.6) is 0 Å². The zero-order valence-electron chi connectivity index (χ0n) is 12.7. The quantitative estimate of drug-likeness (QED) is 0.853. The van der Waals surface area contributed by atoms with Gasteiger partial charge in [-0.3, -0.25) is 4.98 Å². The Morgan fingerprint density at radius 2 is 2.00 bits per heavy atom. The average molecular weight is 260 g/mol. The fourth-order valence-corrected chi connectivity index (χ4v) is 3.31. The van der Waals surface area contributed by atoms with E-state index in [1.807, 2.05) is 6.20 Å². The molecule has 1 N–H and O–H groups in total. The highest BCUT2D eigenvalue weighted by atomic mass is 14.9. The second kappa shape index (κ2) is 7.04. The van der Waals surface area contributed by atoms with Crippen molar-refractivity contribution in [1.82, 2.24) is 10.3 Å². The maximum atomic E-state index is 4.74. The van der Waals surface area contributed by atoms with Crippen LogP contribution in [0.1, 0.15) is 68.3 Å². The van der Waals surface area contributed by atoms with Gasteiger partial charge in [0.15, 0.2) is 0 Å². The van der Waals surface area contributed by atoms with Gasteiger partial charge in [0.25, 0.3) is 0 Å². The molecule has 0 saturated heterocycles. The molecule has 1 aromatic rings. The van der Waals surface area contributed by atoms with Gasteiger partial charge in [-0.15, -0.1) is 0 Å². The second-order valence-electron chi connectivity index (χ2n) is 6.04. The van der Waals surface area contributed by atoms with Crippen molar-refractivity contribution in [3.63, 3.8) is 0 Å².